The molecule has 1 fully saturated rings. The lowest BCUT2D eigenvalue weighted by Gasteiger charge is -2.27. The summed E-state index contributed by atoms with van der Waals surface area (Å²) in [6.07, 6.45) is 1.65. The van der Waals surface area contributed by atoms with Crippen LogP contribution in [0.15, 0.2) is 42.5 Å². The second-order valence-corrected chi connectivity index (χ2v) is 8.74. The first-order valence-electron chi connectivity index (χ1n) is 11.2. The Morgan fingerprint density at radius 3 is 2.34 bits per heavy atom. The maximum Gasteiger partial charge on any atom is 0.291 e. The molecule has 0 aliphatic carbocycles. The van der Waals surface area contributed by atoms with Gasteiger partial charge in [0.05, 0.1) is 33.8 Å². The van der Waals surface area contributed by atoms with Crippen LogP contribution in [-0.2, 0) is 16.0 Å². The van der Waals surface area contributed by atoms with Crippen molar-refractivity contribution >= 4 is 17.5 Å². The Hall–Kier alpha value is -2.99. The molecular weight excluding hydrogens is 404 g/mol. The van der Waals surface area contributed by atoms with Crippen molar-refractivity contribution < 1.29 is 24.0 Å². The Morgan fingerprint density at radius 2 is 1.78 bits per heavy atom. The molecule has 0 aromatic heterocycles. The first-order chi connectivity index (χ1) is 15.3. The number of carbonyl (C=O) groups excluding carboxylic acids is 3. The topological polar surface area (TPSA) is 68.1 Å². The first kappa shape index (κ1) is 23.7. The number of ketones is 2. The molecule has 0 spiro atoms. The van der Waals surface area contributed by atoms with E-state index >= 15 is 0 Å². The van der Waals surface area contributed by atoms with Crippen LogP contribution in [0.2, 0.25) is 0 Å². The molecule has 1 saturated heterocycles. The third-order valence-electron chi connectivity index (χ3n) is 6.19. The number of amides is 1. The summed E-state index contributed by atoms with van der Waals surface area (Å²) in [5.41, 5.74) is 3.17. The lowest BCUT2D eigenvalue weighted by molar-refractivity contribution is -0.858. The molecule has 1 N–H and O–H groups in total. The summed E-state index contributed by atoms with van der Waals surface area (Å²) in [6.45, 7) is 5.21. The smallest absolute Gasteiger partial charge is 0.291 e. The number of hydrogen-bond donors (Lipinski definition) is 1. The quantitative estimate of drug-likeness (QED) is 0.370. The average Bonchev–Trinajstić information content (AvgIpc) is 3.03. The van der Waals surface area contributed by atoms with E-state index in [1.54, 1.807) is 30.2 Å². The van der Waals surface area contributed by atoms with E-state index in [4.69, 9.17) is 4.74 Å². The third-order valence-corrected chi connectivity index (χ3v) is 6.19. The highest BCUT2D eigenvalue weighted by molar-refractivity contribution is 6.44. The molecule has 32 heavy (non-hydrogen) atoms. The molecule has 1 heterocycles. The van der Waals surface area contributed by atoms with Gasteiger partial charge in [0.15, 0.2) is 5.78 Å². The average molecular weight is 438 g/mol. The van der Waals surface area contributed by atoms with Gasteiger partial charge in [-0.15, -0.1) is 0 Å². The van der Waals surface area contributed by atoms with Crippen molar-refractivity contribution in [1.29, 1.82) is 0 Å². The predicted octanol–water partition coefficient (Wildman–Crippen LogP) is 2.05. The molecule has 0 bridgehead atoms. The van der Waals surface area contributed by atoms with Crippen molar-refractivity contribution in [3.63, 3.8) is 0 Å². The van der Waals surface area contributed by atoms with Crippen molar-refractivity contribution in [3.8, 4) is 5.75 Å². The molecule has 2 aromatic carbocycles. The number of hydrogen-bond acceptors (Lipinski definition) is 4. The van der Waals surface area contributed by atoms with Crippen molar-refractivity contribution in [2.75, 3.05) is 34.3 Å². The lowest BCUT2D eigenvalue weighted by atomic mass is 9.84. The maximum atomic E-state index is 13.6. The van der Waals surface area contributed by atoms with Crippen LogP contribution in [0.5, 0.6) is 5.75 Å². The van der Waals surface area contributed by atoms with E-state index in [9.17, 15) is 14.4 Å². The number of nitrogens with one attached hydrogen (secondary N) is 1. The van der Waals surface area contributed by atoms with Crippen LogP contribution in [-0.4, -0.2) is 56.7 Å². The number of methoxy groups -OCH3 is 1. The van der Waals surface area contributed by atoms with Crippen molar-refractivity contribution in [1.82, 2.24) is 4.90 Å². The first-order valence-corrected chi connectivity index (χ1v) is 11.2. The van der Waals surface area contributed by atoms with Gasteiger partial charge in [-0.1, -0.05) is 31.2 Å². The van der Waals surface area contributed by atoms with Crippen LogP contribution in [0.4, 0.5) is 0 Å². The summed E-state index contributed by atoms with van der Waals surface area (Å²) < 4.78 is 5.24. The molecule has 2 aromatic rings. The number of quaternary nitrogens is 1. The normalized spacial score (nSPS) is 18.5. The van der Waals surface area contributed by atoms with Crippen LogP contribution in [0.1, 0.15) is 46.4 Å². The van der Waals surface area contributed by atoms with Gasteiger partial charge in [0.25, 0.3) is 5.91 Å². The number of likely N-dealkylation sites (tertiary alicyclic amines) is 1. The van der Waals surface area contributed by atoms with Gasteiger partial charge in [-0.3, -0.25) is 14.4 Å². The fourth-order valence-electron chi connectivity index (χ4n) is 4.36. The Kier molecular flexibility index (Phi) is 7.46. The summed E-state index contributed by atoms with van der Waals surface area (Å²) in [7, 11) is 5.67. The van der Waals surface area contributed by atoms with Crippen LogP contribution in [0, 0.1) is 12.8 Å². The molecule has 2 unspecified atom stereocenters. The van der Waals surface area contributed by atoms with Gasteiger partial charge in [-0.2, -0.15) is 0 Å². The zero-order chi connectivity index (χ0) is 23.4. The number of benzene rings is 2. The Morgan fingerprint density at radius 1 is 1.09 bits per heavy atom. The van der Waals surface area contributed by atoms with E-state index in [1.165, 1.54) is 10.5 Å². The molecule has 0 radical (unpaired) electrons. The van der Waals surface area contributed by atoms with Gasteiger partial charge in [0, 0.05) is 18.5 Å². The minimum atomic E-state index is -1.05. The Labute approximate surface area is 190 Å². The second-order valence-electron chi connectivity index (χ2n) is 8.74. The minimum Gasteiger partial charge on any atom is -0.497 e. The number of nitrogens with zero attached hydrogens (tertiary/aromatic N) is 1. The van der Waals surface area contributed by atoms with Gasteiger partial charge in [-0.25, -0.2) is 0 Å². The maximum absolute atomic E-state index is 13.6. The monoisotopic (exact) mass is 437 g/mol. The van der Waals surface area contributed by atoms with Gasteiger partial charge >= 0.3 is 0 Å². The molecule has 0 saturated carbocycles. The van der Waals surface area contributed by atoms with Gasteiger partial charge in [-0.05, 0) is 48.2 Å². The predicted molar refractivity (Wildman–Crippen MR) is 123 cm³/mol. The fourth-order valence-corrected chi connectivity index (χ4v) is 4.36. The Bertz CT molecular complexity index is 997. The zero-order valence-corrected chi connectivity index (χ0v) is 19.6. The third kappa shape index (κ3) is 4.75. The molecule has 6 heteroatoms. The summed E-state index contributed by atoms with van der Waals surface area (Å²) in [6, 6.07) is 12.5. The SMILES string of the molecule is CCc1ccc(C2C(C(=O)c3ccc(OC)cc3C)C(=O)C(=O)N2CCC[NH+](C)C)cc1. The molecule has 170 valence electrons. The van der Waals surface area contributed by atoms with Crippen LogP contribution < -0.4 is 9.64 Å². The summed E-state index contributed by atoms with van der Waals surface area (Å²) in [5.74, 6) is -1.89. The van der Waals surface area contributed by atoms with E-state index in [1.807, 2.05) is 31.2 Å². The van der Waals surface area contributed by atoms with Crippen LogP contribution in [0.3, 0.4) is 0 Å². The highest BCUT2D eigenvalue weighted by atomic mass is 16.5. The highest BCUT2D eigenvalue weighted by Gasteiger charge is 2.51. The van der Waals surface area contributed by atoms with Crippen LogP contribution >= 0.6 is 0 Å². The van der Waals surface area contributed by atoms with E-state index < -0.39 is 23.7 Å². The van der Waals surface area contributed by atoms with Crippen molar-refractivity contribution in [3.05, 3.63) is 64.7 Å². The van der Waals surface area contributed by atoms with E-state index in [2.05, 4.69) is 21.0 Å². The standard InChI is InChI=1S/C26H32N2O4/c1-6-18-8-10-19(11-9-18)23-22(24(29)21-13-12-20(32-5)16-17(21)2)25(30)26(31)28(23)15-7-14-27(3)4/h8-13,16,22-23H,6-7,14-15H2,1-5H3/p+1. The van der Waals surface area contributed by atoms with Crippen molar-refractivity contribution in [2.24, 2.45) is 5.92 Å². The lowest BCUT2D eigenvalue weighted by Crippen LogP contribution is -3.05. The number of rotatable bonds is 9. The summed E-state index contributed by atoms with van der Waals surface area (Å²) >= 11 is 0. The number of carbonyl (C=O) groups is 3. The highest BCUT2D eigenvalue weighted by Crippen LogP contribution is 2.39. The van der Waals surface area contributed by atoms with Gasteiger partial charge in [0.2, 0.25) is 5.78 Å². The molecule has 1 aliphatic rings. The zero-order valence-electron chi connectivity index (χ0n) is 19.6. The minimum absolute atomic E-state index is 0.311. The van der Waals surface area contributed by atoms with Crippen LogP contribution in [0.25, 0.3) is 0 Å². The van der Waals surface area contributed by atoms with E-state index in [0.717, 1.165) is 30.5 Å². The van der Waals surface area contributed by atoms with Gasteiger partial charge in [0.1, 0.15) is 11.7 Å². The van der Waals surface area contributed by atoms with Crippen molar-refractivity contribution in [2.45, 2.75) is 32.7 Å². The number of aryl methyl sites for hydroxylation is 2. The summed E-state index contributed by atoms with van der Waals surface area (Å²) in [4.78, 5) is 42.6. The summed E-state index contributed by atoms with van der Waals surface area (Å²) in [5, 5.41) is 0. The molecule has 6 nitrogen and oxygen atoms in total. The fraction of sp³-hybridized carbons (Fsp3) is 0.423. The second kappa shape index (κ2) is 10.1. The van der Waals surface area contributed by atoms with Gasteiger partial charge < -0.3 is 14.5 Å². The van der Waals surface area contributed by atoms with E-state index in [0.29, 0.717) is 17.9 Å². The number of ether oxygens (including phenoxy) is 1. The Balaban J connectivity index is 2.01. The molecule has 3 rings (SSSR count). The molecular formula is C26H33N2O4+. The molecule has 1 aliphatic heterocycles. The largest absolute Gasteiger partial charge is 0.497 e. The molecule has 1 amide bonds. The molecule has 2 atom stereocenters. The number of Topliss-reactive ketones (excluding diaryl/α,β-unsaturated/α-hetero) is 2. The van der Waals surface area contributed by atoms with E-state index in [-0.39, 0.29) is 5.78 Å².